The Bertz CT molecular complexity index is 307. The zero-order chi connectivity index (χ0) is 10.7. The van der Waals surface area contributed by atoms with Gasteiger partial charge in [0.1, 0.15) is 0 Å². The van der Waals surface area contributed by atoms with Gasteiger partial charge in [-0.25, -0.2) is 0 Å². The molecule has 1 aromatic rings. The Morgan fingerprint density at radius 2 is 2.20 bits per heavy atom. The van der Waals surface area contributed by atoms with E-state index in [0.717, 1.165) is 32.5 Å². The molecule has 0 radical (unpaired) electrons. The zero-order valence-corrected chi connectivity index (χ0v) is 11.1. The van der Waals surface area contributed by atoms with Crippen molar-refractivity contribution >= 4 is 27.3 Å². The molecule has 0 saturated carbocycles. The van der Waals surface area contributed by atoms with E-state index < -0.39 is 0 Å². The van der Waals surface area contributed by atoms with Gasteiger partial charge in [-0.1, -0.05) is 0 Å². The molecule has 2 nitrogen and oxygen atoms in total. The fourth-order valence-electron chi connectivity index (χ4n) is 1.97. The highest BCUT2D eigenvalue weighted by atomic mass is 79.9. The van der Waals surface area contributed by atoms with Crippen LogP contribution in [-0.2, 0) is 6.54 Å². The number of aliphatic hydroxyl groups excluding tert-OH is 1. The summed E-state index contributed by atoms with van der Waals surface area (Å²) in [6.45, 7) is 3.65. The molecular formula is C11H16BrNOS. The lowest BCUT2D eigenvalue weighted by atomic mass is 9.98. The van der Waals surface area contributed by atoms with Crippen molar-refractivity contribution in [3.63, 3.8) is 0 Å². The lowest BCUT2D eigenvalue weighted by Crippen LogP contribution is -2.34. The summed E-state index contributed by atoms with van der Waals surface area (Å²) in [5.41, 5.74) is 0. The van der Waals surface area contributed by atoms with E-state index in [2.05, 4.69) is 32.3 Å². The minimum atomic E-state index is 0.358. The van der Waals surface area contributed by atoms with Gasteiger partial charge in [0, 0.05) is 22.5 Å². The predicted octanol–water partition coefficient (Wildman–Crippen LogP) is 2.71. The first-order valence-electron chi connectivity index (χ1n) is 5.34. The highest BCUT2D eigenvalue weighted by Gasteiger charge is 2.19. The van der Waals surface area contributed by atoms with Crippen molar-refractivity contribution in [3.05, 3.63) is 20.8 Å². The second-order valence-electron chi connectivity index (χ2n) is 4.09. The standard InChI is InChI=1S/C11H16BrNOS/c12-10-3-6-15-11(10)7-13-4-1-9(8-14)2-5-13/h3,6,9,14H,1-2,4-5,7-8H2. The van der Waals surface area contributed by atoms with Gasteiger partial charge in [0.05, 0.1) is 0 Å². The summed E-state index contributed by atoms with van der Waals surface area (Å²) in [7, 11) is 0. The number of piperidine rings is 1. The number of thiophene rings is 1. The Morgan fingerprint density at radius 1 is 1.47 bits per heavy atom. The number of nitrogens with zero attached hydrogens (tertiary/aromatic N) is 1. The maximum absolute atomic E-state index is 9.05. The fraction of sp³-hybridized carbons (Fsp3) is 0.636. The Labute approximate surface area is 103 Å². The van der Waals surface area contributed by atoms with Crippen LogP contribution in [0.15, 0.2) is 15.9 Å². The molecule has 1 N–H and O–H groups in total. The molecule has 0 aliphatic carbocycles. The average molecular weight is 290 g/mol. The van der Waals surface area contributed by atoms with Crippen LogP contribution in [0.5, 0.6) is 0 Å². The van der Waals surface area contributed by atoms with Gasteiger partial charge in [-0.3, -0.25) is 4.90 Å². The fourth-order valence-corrected chi connectivity index (χ4v) is 3.49. The third kappa shape index (κ3) is 3.03. The van der Waals surface area contributed by atoms with E-state index >= 15 is 0 Å². The summed E-state index contributed by atoms with van der Waals surface area (Å²) >= 11 is 5.37. The van der Waals surface area contributed by atoms with Gasteiger partial charge in [-0.2, -0.15) is 0 Å². The van der Waals surface area contributed by atoms with Crippen LogP contribution in [0.25, 0.3) is 0 Å². The monoisotopic (exact) mass is 289 g/mol. The number of halogens is 1. The molecule has 1 saturated heterocycles. The number of rotatable bonds is 3. The average Bonchev–Trinajstić information content (AvgIpc) is 2.66. The second kappa shape index (κ2) is 5.43. The third-order valence-electron chi connectivity index (χ3n) is 3.02. The normalized spacial score (nSPS) is 19.6. The molecule has 0 unspecified atom stereocenters. The molecule has 1 aliphatic heterocycles. The Kier molecular flexibility index (Phi) is 4.20. The van der Waals surface area contributed by atoms with Crippen molar-refractivity contribution in [2.75, 3.05) is 19.7 Å². The summed E-state index contributed by atoms with van der Waals surface area (Å²) in [4.78, 5) is 3.89. The number of likely N-dealkylation sites (tertiary alicyclic amines) is 1. The van der Waals surface area contributed by atoms with Crippen LogP contribution in [0.4, 0.5) is 0 Å². The van der Waals surface area contributed by atoms with E-state index in [9.17, 15) is 0 Å². The minimum absolute atomic E-state index is 0.358. The maximum Gasteiger partial charge on any atom is 0.0460 e. The molecule has 0 bridgehead atoms. The van der Waals surface area contributed by atoms with Crippen LogP contribution in [0, 0.1) is 5.92 Å². The topological polar surface area (TPSA) is 23.5 Å². The molecule has 0 spiro atoms. The van der Waals surface area contributed by atoms with E-state index in [1.807, 2.05) is 11.3 Å². The van der Waals surface area contributed by atoms with Crippen molar-refractivity contribution in [2.45, 2.75) is 19.4 Å². The molecule has 15 heavy (non-hydrogen) atoms. The van der Waals surface area contributed by atoms with Gasteiger partial charge < -0.3 is 5.11 Å². The quantitative estimate of drug-likeness (QED) is 0.925. The van der Waals surface area contributed by atoms with Crippen molar-refractivity contribution in [1.29, 1.82) is 0 Å². The lowest BCUT2D eigenvalue weighted by molar-refractivity contribution is 0.128. The van der Waals surface area contributed by atoms with Crippen molar-refractivity contribution < 1.29 is 5.11 Å². The third-order valence-corrected chi connectivity index (χ3v) is 4.93. The number of hydrogen-bond donors (Lipinski definition) is 1. The largest absolute Gasteiger partial charge is 0.396 e. The summed E-state index contributed by atoms with van der Waals surface area (Å²) in [6, 6.07) is 2.11. The summed E-state index contributed by atoms with van der Waals surface area (Å²) in [5, 5.41) is 11.2. The summed E-state index contributed by atoms with van der Waals surface area (Å²) < 4.78 is 1.23. The molecule has 0 aromatic carbocycles. The molecule has 1 aliphatic rings. The molecule has 1 aromatic heterocycles. The van der Waals surface area contributed by atoms with Gasteiger partial charge in [-0.15, -0.1) is 11.3 Å². The molecular weight excluding hydrogens is 274 g/mol. The summed E-state index contributed by atoms with van der Waals surface area (Å²) in [6.07, 6.45) is 2.28. The van der Waals surface area contributed by atoms with Crippen LogP contribution < -0.4 is 0 Å². The number of aliphatic hydroxyl groups is 1. The van der Waals surface area contributed by atoms with Gasteiger partial charge in [0.15, 0.2) is 0 Å². The van der Waals surface area contributed by atoms with E-state index in [4.69, 9.17) is 5.11 Å². The molecule has 4 heteroatoms. The van der Waals surface area contributed by atoms with Crippen LogP contribution >= 0.6 is 27.3 Å². The van der Waals surface area contributed by atoms with Crippen LogP contribution in [0.3, 0.4) is 0 Å². The Balaban J connectivity index is 1.85. The van der Waals surface area contributed by atoms with Crippen molar-refractivity contribution in [2.24, 2.45) is 5.92 Å². The van der Waals surface area contributed by atoms with Crippen molar-refractivity contribution in [3.8, 4) is 0 Å². The zero-order valence-electron chi connectivity index (χ0n) is 8.66. The van der Waals surface area contributed by atoms with Crippen LogP contribution in [0.2, 0.25) is 0 Å². The van der Waals surface area contributed by atoms with Crippen LogP contribution in [0.1, 0.15) is 17.7 Å². The second-order valence-corrected chi connectivity index (χ2v) is 5.95. The molecule has 0 amide bonds. The van der Waals surface area contributed by atoms with E-state index in [1.165, 1.54) is 9.35 Å². The molecule has 1 fully saturated rings. The molecule has 2 heterocycles. The highest BCUT2D eigenvalue weighted by molar-refractivity contribution is 9.10. The van der Waals surface area contributed by atoms with Gasteiger partial charge in [0.2, 0.25) is 0 Å². The molecule has 84 valence electrons. The van der Waals surface area contributed by atoms with Crippen molar-refractivity contribution in [1.82, 2.24) is 4.90 Å². The van der Waals surface area contributed by atoms with E-state index in [-0.39, 0.29) is 0 Å². The first-order chi connectivity index (χ1) is 7.29. The Morgan fingerprint density at radius 3 is 2.73 bits per heavy atom. The van der Waals surface area contributed by atoms with E-state index in [0.29, 0.717) is 12.5 Å². The van der Waals surface area contributed by atoms with Gasteiger partial charge in [0.25, 0.3) is 0 Å². The first-order valence-corrected chi connectivity index (χ1v) is 7.02. The molecule has 0 atom stereocenters. The first kappa shape index (κ1) is 11.6. The lowest BCUT2D eigenvalue weighted by Gasteiger charge is -2.30. The number of hydrogen-bond acceptors (Lipinski definition) is 3. The smallest absolute Gasteiger partial charge is 0.0460 e. The Hall–Kier alpha value is 0.100. The summed E-state index contributed by atoms with van der Waals surface area (Å²) in [5.74, 6) is 0.535. The maximum atomic E-state index is 9.05. The SMILES string of the molecule is OCC1CCN(Cc2sccc2Br)CC1. The molecule has 2 rings (SSSR count). The van der Waals surface area contributed by atoms with Gasteiger partial charge in [-0.05, 0) is 59.2 Å². The highest BCUT2D eigenvalue weighted by Crippen LogP contribution is 2.26. The van der Waals surface area contributed by atoms with Crippen LogP contribution in [-0.4, -0.2) is 29.7 Å². The predicted molar refractivity (Wildman–Crippen MR) is 67.1 cm³/mol. The van der Waals surface area contributed by atoms with Gasteiger partial charge >= 0.3 is 0 Å². The minimum Gasteiger partial charge on any atom is -0.396 e. The van der Waals surface area contributed by atoms with E-state index in [1.54, 1.807) is 0 Å².